The fraction of sp³-hybridized carbons (Fsp3) is 0.185. The van der Waals surface area contributed by atoms with Crippen molar-refractivity contribution < 1.29 is 14.3 Å². The van der Waals surface area contributed by atoms with Gasteiger partial charge in [-0.1, -0.05) is 41.1 Å². The number of carbonyl (C=O) groups is 1. The summed E-state index contributed by atoms with van der Waals surface area (Å²) in [6.07, 6.45) is 7.02. The number of hydrogen-bond acceptors (Lipinski definition) is 4. The molecule has 0 saturated carbocycles. The fourth-order valence-corrected chi connectivity index (χ4v) is 4.24. The van der Waals surface area contributed by atoms with Crippen LogP contribution in [0.3, 0.4) is 0 Å². The summed E-state index contributed by atoms with van der Waals surface area (Å²) in [5, 5.41) is 14.7. The quantitative estimate of drug-likeness (QED) is 0.480. The van der Waals surface area contributed by atoms with Crippen LogP contribution in [-0.2, 0) is 11.3 Å². The topological polar surface area (TPSA) is 76.3 Å². The number of nitrogens with one attached hydrogen (secondary N) is 1. The molecule has 34 heavy (non-hydrogen) atoms. The summed E-state index contributed by atoms with van der Waals surface area (Å²) in [5.41, 5.74) is 3.01. The summed E-state index contributed by atoms with van der Waals surface area (Å²) in [4.78, 5) is 12.3. The normalized spacial score (nSPS) is 12.2. The van der Waals surface area contributed by atoms with Gasteiger partial charge in [-0.05, 0) is 60.5 Å². The number of halogens is 1. The molecule has 0 spiro atoms. The number of allylic oxidation sites excluding steroid dienone is 2. The fourth-order valence-electron chi connectivity index (χ4n) is 3.97. The Labute approximate surface area is 206 Å². The zero-order chi connectivity index (χ0) is 24.1. The van der Waals surface area contributed by atoms with Gasteiger partial charge in [-0.15, -0.1) is 0 Å². The van der Waals surface area contributed by atoms with E-state index in [1.54, 1.807) is 31.4 Å². The molecule has 0 saturated heterocycles. The number of nitrogens with zero attached hydrogens (tertiary/aromatic N) is 2. The maximum atomic E-state index is 12.3. The Kier molecular flexibility index (Phi) is 7.19. The number of ether oxygens (including phenoxy) is 2. The third-order valence-corrected chi connectivity index (χ3v) is 6.05. The molecule has 1 amide bonds. The van der Waals surface area contributed by atoms with Crippen LogP contribution in [0.2, 0.25) is 0 Å². The molecule has 1 aliphatic rings. The summed E-state index contributed by atoms with van der Waals surface area (Å²) in [6, 6.07) is 16.9. The van der Waals surface area contributed by atoms with Crippen LogP contribution in [0.5, 0.6) is 5.75 Å². The average Bonchev–Trinajstić information content (AvgIpc) is 2.98. The standard InChI is InChI=1S/C27H24BrN3O3/c1-3-16-31-25-15-13-21(33-2)12-14-23(25)24(17-29)26(31)18-4-8-20(9-5-18)30-27(32)34-22-10-6-19(28)7-11-22/h4-12,14-15H,3,13,16H2,1-2H3,(H,30,32). The van der Waals surface area contributed by atoms with E-state index in [4.69, 9.17) is 9.47 Å². The monoisotopic (exact) mass is 517 g/mol. The van der Waals surface area contributed by atoms with Gasteiger partial charge in [0.25, 0.3) is 0 Å². The Morgan fingerprint density at radius 2 is 1.88 bits per heavy atom. The highest BCUT2D eigenvalue weighted by Crippen LogP contribution is 2.24. The second-order valence-corrected chi connectivity index (χ2v) is 8.66. The maximum Gasteiger partial charge on any atom is 0.417 e. The number of amides is 1. The van der Waals surface area contributed by atoms with Crippen LogP contribution in [-0.4, -0.2) is 17.8 Å². The molecule has 0 aliphatic heterocycles. The number of carbonyl (C=O) groups excluding carboxylic acids is 1. The molecule has 1 heterocycles. The highest BCUT2D eigenvalue weighted by Gasteiger charge is 2.17. The molecule has 1 aliphatic carbocycles. The number of benzene rings is 2. The Hall–Kier alpha value is -3.76. The van der Waals surface area contributed by atoms with Crippen LogP contribution in [0.25, 0.3) is 23.4 Å². The molecule has 172 valence electrons. The van der Waals surface area contributed by atoms with Gasteiger partial charge in [0.1, 0.15) is 11.8 Å². The first-order chi connectivity index (χ1) is 16.5. The largest absolute Gasteiger partial charge is 0.501 e. The summed E-state index contributed by atoms with van der Waals surface area (Å²) in [7, 11) is 1.66. The Balaban J connectivity index is 1.64. The molecule has 0 fully saturated rings. The molecule has 0 atom stereocenters. The molecule has 0 bridgehead atoms. The number of fused-ring (bicyclic) bond motifs is 1. The van der Waals surface area contributed by atoms with Crippen LogP contribution in [0.4, 0.5) is 10.5 Å². The summed E-state index contributed by atoms with van der Waals surface area (Å²) in [5.74, 6) is 1.31. The SMILES string of the molecule is CCCn1c(-c2ccc(NC(=O)Oc3ccc(Br)cc3)cc2)c(C#N)c2c1=CCC(OC)=CC=2. The predicted octanol–water partition coefficient (Wildman–Crippen LogP) is 5.31. The minimum Gasteiger partial charge on any atom is -0.501 e. The lowest BCUT2D eigenvalue weighted by molar-refractivity contribution is 0.215. The van der Waals surface area contributed by atoms with E-state index < -0.39 is 6.09 Å². The van der Waals surface area contributed by atoms with Gasteiger partial charge in [-0.25, -0.2) is 4.79 Å². The van der Waals surface area contributed by atoms with Gasteiger partial charge in [-0.2, -0.15) is 5.26 Å². The first-order valence-electron chi connectivity index (χ1n) is 11.0. The van der Waals surface area contributed by atoms with Crippen LogP contribution < -0.4 is 20.6 Å². The molecule has 6 nitrogen and oxygen atoms in total. The van der Waals surface area contributed by atoms with Crippen LogP contribution in [0.1, 0.15) is 25.3 Å². The molecule has 0 radical (unpaired) electrons. The minimum absolute atomic E-state index is 0.452. The lowest BCUT2D eigenvalue weighted by atomic mass is 10.1. The van der Waals surface area contributed by atoms with Crippen molar-refractivity contribution in [2.45, 2.75) is 26.3 Å². The molecule has 3 aromatic rings. The third kappa shape index (κ3) is 4.92. The van der Waals surface area contributed by atoms with Crippen LogP contribution in [0.15, 0.2) is 64.8 Å². The Morgan fingerprint density at radius 3 is 2.53 bits per heavy atom. The van der Waals surface area contributed by atoms with Crippen molar-refractivity contribution in [3.05, 3.63) is 81.0 Å². The Bertz CT molecular complexity index is 1400. The lowest BCUT2D eigenvalue weighted by Crippen LogP contribution is -2.29. The van der Waals surface area contributed by atoms with E-state index in [1.165, 1.54) is 0 Å². The van der Waals surface area contributed by atoms with Crippen molar-refractivity contribution in [1.29, 1.82) is 5.26 Å². The number of hydrogen-bond donors (Lipinski definition) is 1. The average molecular weight is 518 g/mol. The van der Waals surface area contributed by atoms with Crippen molar-refractivity contribution in [3.63, 3.8) is 0 Å². The molecule has 1 aromatic heterocycles. The van der Waals surface area contributed by atoms with Crippen molar-refractivity contribution in [2.75, 3.05) is 12.4 Å². The van der Waals surface area contributed by atoms with E-state index in [-0.39, 0.29) is 0 Å². The zero-order valence-corrected chi connectivity index (χ0v) is 20.6. The first-order valence-corrected chi connectivity index (χ1v) is 11.8. The molecule has 7 heteroatoms. The van der Waals surface area contributed by atoms with Gasteiger partial charge >= 0.3 is 6.09 Å². The highest BCUT2D eigenvalue weighted by atomic mass is 79.9. The maximum absolute atomic E-state index is 12.3. The molecule has 1 N–H and O–H groups in total. The predicted molar refractivity (Wildman–Crippen MR) is 137 cm³/mol. The van der Waals surface area contributed by atoms with Crippen molar-refractivity contribution in [2.24, 2.45) is 0 Å². The minimum atomic E-state index is -0.571. The van der Waals surface area contributed by atoms with Gasteiger partial charge in [0, 0.05) is 33.7 Å². The van der Waals surface area contributed by atoms with E-state index in [2.05, 4.69) is 44.9 Å². The molecule has 2 aromatic carbocycles. The number of methoxy groups -OCH3 is 1. The highest BCUT2D eigenvalue weighted by molar-refractivity contribution is 9.10. The lowest BCUT2D eigenvalue weighted by Gasteiger charge is -2.11. The van der Waals surface area contributed by atoms with Gasteiger partial charge in [0.2, 0.25) is 0 Å². The van der Waals surface area contributed by atoms with Gasteiger partial charge in [-0.3, -0.25) is 5.32 Å². The van der Waals surface area contributed by atoms with Gasteiger partial charge < -0.3 is 14.0 Å². The molecule has 4 rings (SSSR count). The van der Waals surface area contributed by atoms with E-state index in [0.717, 1.165) is 45.0 Å². The molecular weight excluding hydrogens is 494 g/mol. The van der Waals surface area contributed by atoms with Gasteiger partial charge in [0.05, 0.1) is 24.1 Å². The van der Waals surface area contributed by atoms with E-state index >= 15 is 0 Å². The zero-order valence-electron chi connectivity index (χ0n) is 19.0. The number of rotatable bonds is 6. The first kappa shape index (κ1) is 23.4. The molecule has 0 unspecified atom stereocenters. The van der Waals surface area contributed by atoms with E-state index in [9.17, 15) is 10.1 Å². The summed E-state index contributed by atoms with van der Waals surface area (Å²) < 4.78 is 13.8. The van der Waals surface area contributed by atoms with Crippen LogP contribution >= 0.6 is 15.9 Å². The number of aromatic nitrogens is 1. The second-order valence-electron chi connectivity index (χ2n) is 7.74. The summed E-state index contributed by atoms with van der Waals surface area (Å²) >= 11 is 3.35. The van der Waals surface area contributed by atoms with E-state index in [1.807, 2.05) is 36.4 Å². The van der Waals surface area contributed by atoms with E-state index in [0.29, 0.717) is 23.4 Å². The Morgan fingerprint density at radius 1 is 1.15 bits per heavy atom. The molecular formula is C27H24BrN3O3. The van der Waals surface area contributed by atoms with Crippen molar-refractivity contribution in [3.8, 4) is 23.1 Å². The third-order valence-electron chi connectivity index (χ3n) is 5.53. The smallest absolute Gasteiger partial charge is 0.417 e. The van der Waals surface area contributed by atoms with Crippen LogP contribution in [0, 0.1) is 11.3 Å². The second kappa shape index (κ2) is 10.4. The summed E-state index contributed by atoms with van der Waals surface area (Å²) in [6.45, 7) is 2.90. The number of anilines is 1. The number of nitriles is 1. The van der Waals surface area contributed by atoms with Crippen molar-refractivity contribution in [1.82, 2.24) is 4.57 Å². The van der Waals surface area contributed by atoms with Crippen molar-refractivity contribution >= 4 is 39.9 Å². The van der Waals surface area contributed by atoms with Gasteiger partial charge in [0.15, 0.2) is 0 Å².